The van der Waals surface area contributed by atoms with Gasteiger partial charge in [-0.15, -0.1) is 0 Å². The highest BCUT2D eigenvalue weighted by molar-refractivity contribution is 5.54. The Morgan fingerprint density at radius 1 is 1.39 bits per heavy atom. The Kier molecular flexibility index (Phi) is 3.78. The Morgan fingerprint density at radius 3 is 2.61 bits per heavy atom. The molecule has 0 saturated carbocycles. The monoisotopic (exact) mass is 250 g/mol. The van der Waals surface area contributed by atoms with Crippen LogP contribution in [0.4, 0.5) is 5.69 Å². The molecule has 0 spiro atoms. The summed E-state index contributed by atoms with van der Waals surface area (Å²) in [5.41, 5.74) is 1.61. The van der Waals surface area contributed by atoms with Crippen LogP contribution in [-0.4, -0.2) is 48.3 Å². The van der Waals surface area contributed by atoms with Crippen LogP contribution in [0.25, 0.3) is 0 Å². The van der Waals surface area contributed by atoms with E-state index < -0.39 is 6.10 Å². The Bertz CT molecular complexity index is 418. The lowest BCUT2D eigenvalue weighted by Gasteiger charge is -2.22. The molecule has 1 aromatic carbocycles. The third-order valence-corrected chi connectivity index (χ3v) is 3.72. The van der Waals surface area contributed by atoms with Crippen molar-refractivity contribution >= 4 is 5.69 Å². The number of likely N-dealkylation sites (N-methyl/N-ethyl adjacent to an activating group) is 1. The molecule has 1 aromatic rings. The highest BCUT2D eigenvalue weighted by Crippen LogP contribution is 2.30. The molecule has 2 rings (SSSR count). The van der Waals surface area contributed by atoms with Crippen LogP contribution in [0.3, 0.4) is 0 Å². The minimum Gasteiger partial charge on any atom is -0.507 e. The summed E-state index contributed by atoms with van der Waals surface area (Å²) in [5.74, 6) is 0.177. The van der Waals surface area contributed by atoms with Crippen molar-refractivity contribution < 1.29 is 10.2 Å². The van der Waals surface area contributed by atoms with Crippen molar-refractivity contribution in [1.82, 2.24) is 4.90 Å². The Hall–Kier alpha value is -1.26. The van der Waals surface area contributed by atoms with E-state index in [9.17, 15) is 10.2 Å². The summed E-state index contributed by atoms with van der Waals surface area (Å²) in [6.07, 6.45) is 0.512. The number of aliphatic hydroxyl groups excluding tert-OH is 1. The molecule has 0 aliphatic carbocycles. The fourth-order valence-electron chi connectivity index (χ4n) is 2.48. The number of aliphatic hydroxyl groups is 1. The van der Waals surface area contributed by atoms with Gasteiger partial charge in [-0.2, -0.15) is 0 Å². The first-order valence-electron chi connectivity index (χ1n) is 6.41. The third kappa shape index (κ3) is 2.60. The predicted octanol–water partition coefficient (Wildman–Crippen LogP) is 1.59. The van der Waals surface area contributed by atoms with E-state index in [1.807, 2.05) is 6.07 Å². The second-order valence-corrected chi connectivity index (χ2v) is 5.27. The number of hydrogen-bond acceptors (Lipinski definition) is 4. The van der Waals surface area contributed by atoms with Gasteiger partial charge in [0, 0.05) is 36.4 Å². The molecule has 0 radical (unpaired) electrons. The maximum atomic E-state index is 9.90. The summed E-state index contributed by atoms with van der Waals surface area (Å²) in [7, 11) is 4.20. The molecule has 1 heterocycles. The van der Waals surface area contributed by atoms with Gasteiger partial charge in [0.1, 0.15) is 5.75 Å². The molecule has 1 aliphatic rings. The average molecular weight is 250 g/mol. The van der Waals surface area contributed by atoms with Crippen molar-refractivity contribution in [2.75, 3.05) is 32.1 Å². The molecule has 2 atom stereocenters. The quantitative estimate of drug-likeness (QED) is 0.855. The number of hydrogen-bond donors (Lipinski definition) is 2. The van der Waals surface area contributed by atoms with Crippen LogP contribution >= 0.6 is 0 Å². The van der Waals surface area contributed by atoms with Gasteiger partial charge in [0.2, 0.25) is 0 Å². The summed E-state index contributed by atoms with van der Waals surface area (Å²) in [6, 6.07) is 6.10. The average Bonchev–Trinajstić information content (AvgIpc) is 2.77. The van der Waals surface area contributed by atoms with Gasteiger partial charge in [0.15, 0.2) is 0 Å². The number of benzene rings is 1. The van der Waals surface area contributed by atoms with Crippen LogP contribution in [0.5, 0.6) is 5.75 Å². The van der Waals surface area contributed by atoms with Gasteiger partial charge >= 0.3 is 0 Å². The maximum absolute atomic E-state index is 9.90. The van der Waals surface area contributed by atoms with Crippen molar-refractivity contribution in [1.29, 1.82) is 0 Å². The number of phenolic OH excluding ortho intramolecular Hbond substituents is 1. The van der Waals surface area contributed by atoms with Crippen LogP contribution in [0.15, 0.2) is 18.2 Å². The van der Waals surface area contributed by atoms with E-state index >= 15 is 0 Å². The largest absolute Gasteiger partial charge is 0.507 e. The van der Waals surface area contributed by atoms with Gasteiger partial charge in [0.05, 0.1) is 6.10 Å². The third-order valence-electron chi connectivity index (χ3n) is 3.72. The first-order chi connectivity index (χ1) is 8.49. The SMILES string of the molecule is CC(O)c1ccc(N2CCC(N(C)C)C2)cc1O. The highest BCUT2D eigenvalue weighted by atomic mass is 16.3. The molecule has 18 heavy (non-hydrogen) atoms. The van der Waals surface area contributed by atoms with E-state index in [4.69, 9.17) is 0 Å². The van der Waals surface area contributed by atoms with Crippen LogP contribution in [0, 0.1) is 0 Å². The van der Waals surface area contributed by atoms with Crippen molar-refractivity contribution in [3.63, 3.8) is 0 Å². The molecule has 2 unspecified atom stereocenters. The lowest BCUT2D eigenvalue weighted by Crippen LogP contribution is -2.31. The maximum Gasteiger partial charge on any atom is 0.123 e. The van der Waals surface area contributed by atoms with Crippen molar-refractivity contribution in [3.05, 3.63) is 23.8 Å². The number of aromatic hydroxyl groups is 1. The number of anilines is 1. The molecule has 4 nitrogen and oxygen atoms in total. The molecule has 1 aliphatic heterocycles. The van der Waals surface area contributed by atoms with E-state index in [1.165, 1.54) is 0 Å². The standard InChI is InChI=1S/C14H22N2O2/c1-10(17)13-5-4-11(8-14(13)18)16-7-6-12(9-16)15(2)3/h4-5,8,10,12,17-18H,6-7,9H2,1-3H3. The van der Waals surface area contributed by atoms with Gasteiger partial charge in [-0.3, -0.25) is 0 Å². The summed E-state index contributed by atoms with van der Waals surface area (Å²) >= 11 is 0. The van der Waals surface area contributed by atoms with Crippen LogP contribution in [-0.2, 0) is 0 Å². The predicted molar refractivity (Wildman–Crippen MR) is 73.0 cm³/mol. The Morgan fingerprint density at radius 2 is 2.11 bits per heavy atom. The molecule has 2 N–H and O–H groups in total. The molecule has 100 valence electrons. The molecule has 0 amide bonds. The summed E-state index contributed by atoms with van der Waals surface area (Å²) in [4.78, 5) is 4.51. The summed E-state index contributed by atoms with van der Waals surface area (Å²) in [5, 5.41) is 19.4. The van der Waals surface area contributed by atoms with Crippen molar-refractivity contribution in [2.45, 2.75) is 25.5 Å². The topological polar surface area (TPSA) is 46.9 Å². The van der Waals surface area contributed by atoms with Gasteiger partial charge in [0.25, 0.3) is 0 Å². The second-order valence-electron chi connectivity index (χ2n) is 5.27. The van der Waals surface area contributed by atoms with Gasteiger partial charge in [-0.05, 0) is 33.5 Å². The minimum absolute atomic E-state index is 0.177. The summed E-state index contributed by atoms with van der Waals surface area (Å²) in [6.45, 7) is 3.66. The van der Waals surface area contributed by atoms with Crippen LogP contribution in [0.1, 0.15) is 25.0 Å². The lowest BCUT2D eigenvalue weighted by molar-refractivity contribution is 0.195. The number of phenols is 1. The second kappa shape index (κ2) is 5.16. The number of nitrogens with zero attached hydrogens (tertiary/aromatic N) is 2. The molecule has 1 saturated heterocycles. The zero-order valence-corrected chi connectivity index (χ0v) is 11.3. The van der Waals surface area contributed by atoms with Gasteiger partial charge < -0.3 is 20.0 Å². The van der Waals surface area contributed by atoms with E-state index in [2.05, 4.69) is 23.9 Å². The smallest absolute Gasteiger partial charge is 0.123 e. The Labute approximate surface area is 108 Å². The molecule has 4 heteroatoms. The fourth-order valence-corrected chi connectivity index (χ4v) is 2.48. The lowest BCUT2D eigenvalue weighted by atomic mass is 10.1. The van der Waals surface area contributed by atoms with Gasteiger partial charge in [-0.1, -0.05) is 6.07 Å². The first kappa shape index (κ1) is 13.2. The normalized spacial score (nSPS) is 21.6. The van der Waals surface area contributed by atoms with Crippen LogP contribution in [0.2, 0.25) is 0 Å². The minimum atomic E-state index is -0.632. The van der Waals surface area contributed by atoms with E-state index in [0.717, 1.165) is 25.2 Å². The molecular weight excluding hydrogens is 228 g/mol. The zero-order chi connectivity index (χ0) is 13.3. The molecule has 0 aromatic heterocycles. The van der Waals surface area contributed by atoms with Crippen LogP contribution < -0.4 is 4.90 Å². The van der Waals surface area contributed by atoms with Crippen molar-refractivity contribution in [2.24, 2.45) is 0 Å². The van der Waals surface area contributed by atoms with Gasteiger partial charge in [-0.25, -0.2) is 0 Å². The zero-order valence-electron chi connectivity index (χ0n) is 11.3. The summed E-state index contributed by atoms with van der Waals surface area (Å²) < 4.78 is 0. The van der Waals surface area contributed by atoms with Crippen molar-refractivity contribution in [3.8, 4) is 5.75 Å². The van der Waals surface area contributed by atoms with E-state index in [0.29, 0.717) is 11.6 Å². The molecule has 1 fully saturated rings. The van der Waals surface area contributed by atoms with E-state index in [-0.39, 0.29) is 5.75 Å². The Balaban J connectivity index is 2.13. The van der Waals surface area contributed by atoms with E-state index in [1.54, 1.807) is 19.1 Å². The molecule has 0 bridgehead atoms. The first-order valence-corrected chi connectivity index (χ1v) is 6.41. The molecular formula is C14H22N2O2. The highest BCUT2D eigenvalue weighted by Gasteiger charge is 2.24. The fraction of sp³-hybridized carbons (Fsp3) is 0.571. The number of rotatable bonds is 3.